The van der Waals surface area contributed by atoms with E-state index in [0.717, 1.165) is 54.6 Å². The minimum Gasteiger partial charge on any atom is -0.496 e. The van der Waals surface area contributed by atoms with Gasteiger partial charge in [-0.15, -0.1) is 10.2 Å². The summed E-state index contributed by atoms with van der Waals surface area (Å²) in [4.78, 5) is 2.46. The Labute approximate surface area is 165 Å². The molecule has 2 heterocycles. The number of hydrogen-bond donors (Lipinski definition) is 0. The van der Waals surface area contributed by atoms with E-state index in [-0.39, 0.29) is 0 Å². The highest BCUT2D eigenvalue weighted by atomic mass is 16.5. The van der Waals surface area contributed by atoms with Crippen LogP contribution < -0.4 is 4.74 Å². The number of aromatic nitrogens is 2. The van der Waals surface area contributed by atoms with Crippen LogP contribution in [0.5, 0.6) is 5.75 Å². The number of hydrogen-bond acceptors (Lipinski definition) is 5. The Hall–Kier alpha value is -2.76. The van der Waals surface area contributed by atoms with Gasteiger partial charge in [-0.1, -0.05) is 36.4 Å². The zero-order chi connectivity index (χ0) is 19.3. The van der Waals surface area contributed by atoms with Crippen LogP contribution in [0.1, 0.15) is 18.5 Å². The molecule has 4 rings (SSSR count). The first kappa shape index (κ1) is 18.6. The molecule has 0 amide bonds. The Balaban J connectivity index is 1.51. The molecule has 0 saturated carbocycles. The molecule has 28 heavy (non-hydrogen) atoms. The summed E-state index contributed by atoms with van der Waals surface area (Å²) in [5.41, 5.74) is 4.99. The highest BCUT2D eigenvalue weighted by Crippen LogP contribution is 2.29. The van der Waals surface area contributed by atoms with Crippen molar-refractivity contribution in [1.29, 1.82) is 0 Å². The lowest BCUT2D eigenvalue weighted by molar-refractivity contribution is 0.0198. The van der Waals surface area contributed by atoms with Crippen molar-refractivity contribution in [3.05, 3.63) is 66.2 Å². The Kier molecular flexibility index (Phi) is 5.65. The van der Waals surface area contributed by atoms with Gasteiger partial charge in [0.05, 0.1) is 31.7 Å². The van der Waals surface area contributed by atoms with Gasteiger partial charge in [0.1, 0.15) is 5.75 Å². The van der Waals surface area contributed by atoms with E-state index in [9.17, 15) is 0 Å². The van der Waals surface area contributed by atoms with Gasteiger partial charge in [0.2, 0.25) is 0 Å². The molecule has 1 fully saturated rings. The SMILES string of the molecule is COc1ccccc1-c1ccc(-c2ccc([C@@H](C)N3CCOCC3)cc2)nn1. The first-order valence-electron chi connectivity index (χ1n) is 9.65. The van der Waals surface area contributed by atoms with E-state index in [1.165, 1.54) is 5.56 Å². The zero-order valence-corrected chi connectivity index (χ0v) is 16.3. The zero-order valence-electron chi connectivity index (χ0n) is 16.3. The van der Waals surface area contributed by atoms with E-state index in [0.29, 0.717) is 6.04 Å². The van der Waals surface area contributed by atoms with Crippen molar-refractivity contribution in [3.63, 3.8) is 0 Å². The number of para-hydroxylation sites is 1. The molecular weight excluding hydrogens is 350 g/mol. The second-order valence-electron chi connectivity index (χ2n) is 6.95. The lowest BCUT2D eigenvalue weighted by Gasteiger charge is -2.32. The van der Waals surface area contributed by atoms with Crippen LogP contribution in [0.2, 0.25) is 0 Å². The molecule has 1 aromatic heterocycles. The molecule has 0 bridgehead atoms. The number of ether oxygens (including phenoxy) is 2. The third-order valence-electron chi connectivity index (χ3n) is 5.33. The summed E-state index contributed by atoms with van der Waals surface area (Å²) in [6, 6.07) is 20.8. The summed E-state index contributed by atoms with van der Waals surface area (Å²) in [5.74, 6) is 0.797. The van der Waals surface area contributed by atoms with Gasteiger partial charge in [0.25, 0.3) is 0 Å². The van der Waals surface area contributed by atoms with Gasteiger partial charge in [-0.05, 0) is 36.8 Å². The van der Waals surface area contributed by atoms with Gasteiger partial charge in [-0.25, -0.2) is 0 Å². The molecule has 1 aliphatic rings. The monoisotopic (exact) mass is 375 g/mol. The molecule has 144 valence electrons. The van der Waals surface area contributed by atoms with Gasteiger partial charge in [0, 0.05) is 30.3 Å². The van der Waals surface area contributed by atoms with Crippen molar-refractivity contribution < 1.29 is 9.47 Å². The fraction of sp³-hybridized carbons (Fsp3) is 0.304. The van der Waals surface area contributed by atoms with E-state index < -0.39 is 0 Å². The van der Waals surface area contributed by atoms with E-state index in [1.807, 2.05) is 36.4 Å². The molecule has 0 radical (unpaired) electrons. The van der Waals surface area contributed by atoms with Gasteiger partial charge >= 0.3 is 0 Å². The molecule has 0 N–H and O–H groups in total. The Bertz CT molecular complexity index is 904. The van der Waals surface area contributed by atoms with Gasteiger partial charge in [0.15, 0.2) is 0 Å². The topological polar surface area (TPSA) is 47.5 Å². The predicted octanol–water partition coefficient (Wildman–Crippen LogP) is 4.21. The van der Waals surface area contributed by atoms with Crippen LogP contribution in [-0.4, -0.2) is 48.5 Å². The fourth-order valence-electron chi connectivity index (χ4n) is 3.59. The van der Waals surface area contributed by atoms with Crippen molar-refractivity contribution in [2.75, 3.05) is 33.4 Å². The maximum absolute atomic E-state index is 5.45. The molecule has 5 heteroatoms. The second kappa shape index (κ2) is 8.50. The molecule has 0 spiro atoms. The maximum Gasteiger partial charge on any atom is 0.128 e. The molecule has 0 unspecified atom stereocenters. The quantitative estimate of drug-likeness (QED) is 0.668. The van der Waals surface area contributed by atoms with Crippen molar-refractivity contribution in [1.82, 2.24) is 15.1 Å². The van der Waals surface area contributed by atoms with E-state index in [2.05, 4.69) is 46.3 Å². The number of nitrogens with zero attached hydrogens (tertiary/aromatic N) is 3. The van der Waals surface area contributed by atoms with Crippen LogP contribution in [0, 0.1) is 0 Å². The summed E-state index contributed by atoms with van der Waals surface area (Å²) < 4.78 is 10.9. The van der Waals surface area contributed by atoms with Crippen LogP contribution in [0.3, 0.4) is 0 Å². The van der Waals surface area contributed by atoms with Crippen LogP contribution in [0.25, 0.3) is 22.5 Å². The third-order valence-corrected chi connectivity index (χ3v) is 5.33. The fourth-order valence-corrected chi connectivity index (χ4v) is 3.59. The highest BCUT2D eigenvalue weighted by Gasteiger charge is 2.18. The third kappa shape index (κ3) is 3.91. The number of benzene rings is 2. The van der Waals surface area contributed by atoms with E-state index in [4.69, 9.17) is 9.47 Å². The normalized spacial score (nSPS) is 15.9. The van der Waals surface area contributed by atoms with Gasteiger partial charge in [-0.3, -0.25) is 4.90 Å². The lowest BCUT2D eigenvalue weighted by atomic mass is 10.0. The summed E-state index contributed by atoms with van der Waals surface area (Å²) in [6.45, 7) is 5.85. The minimum absolute atomic E-state index is 0.386. The Morgan fingerprint density at radius 2 is 1.57 bits per heavy atom. The van der Waals surface area contributed by atoms with Crippen molar-refractivity contribution in [2.45, 2.75) is 13.0 Å². The first-order chi connectivity index (χ1) is 13.8. The first-order valence-corrected chi connectivity index (χ1v) is 9.65. The molecule has 3 aromatic rings. The van der Waals surface area contributed by atoms with Gasteiger partial charge in [-0.2, -0.15) is 0 Å². The van der Waals surface area contributed by atoms with E-state index >= 15 is 0 Å². The van der Waals surface area contributed by atoms with Crippen molar-refractivity contribution in [3.8, 4) is 28.3 Å². The molecule has 1 atom stereocenters. The number of morpholine rings is 1. The van der Waals surface area contributed by atoms with Crippen LogP contribution >= 0.6 is 0 Å². The van der Waals surface area contributed by atoms with Crippen LogP contribution in [0.4, 0.5) is 0 Å². The molecule has 2 aromatic carbocycles. The lowest BCUT2D eigenvalue weighted by Crippen LogP contribution is -2.37. The average Bonchev–Trinajstić information content (AvgIpc) is 2.79. The standard InChI is InChI=1S/C23H25N3O2/c1-17(26-13-15-28-16-14-26)18-7-9-19(10-8-18)21-11-12-22(25-24-21)20-5-3-4-6-23(20)27-2/h3-12,17H,13-16H2,1-2H3/t17-/m1/s1. The molecular formula is C23H25N3O2. The molecule has 1 aliphatic heterocycles. The van der Waals surface area contributed by atoms with Crippen molar-refractivity contribution >= 4 is 0 Å². The average molecular weight is 375 g/mol. The van der Waals surface area contributed by atoms with Crippen molar-refractivity contribution in [2.24, 2.45) is 0 Å². The minimum atomic E-state index is 0.386. The summed E-state index contributed by atoms with van der Waals surface area (Å²) in [5, 5.41) is 8.85. The Morgan fingerprint density at radius 3 is 2.25 bits per heavy atom. The molecule has 5 nitrogen and oxygen atoms in total. The van der Waals surface area contributed by atoms with Crippen LogP contribution in [-0.2, 0) is 4.74 Å². The number of methoxy groups -OCH3 is 1. The molecule has 1 saturated heterocycles. The summed E-state index contributed by atoms with van der Waals surface area (Å²) in [7, 11) is 1.67. The van der Waals surface area contributed by atoms with Crippen LogP contribution in [0.15, 0.2) is 60.7 Å². The van der Waals surface area contributed by atoms with E-state index in [1.54, 1.807) is 7.11 Å². The number of rotatable bonds is 5. The summed E-state index contributed by atoms with van der Waals surface area (Å²) in [6.07, 6.45) is 0. The van der Waals surface area contributed by atoms with Gasteiger partial charge < -0.3 is 9.47 Å². The molecule has 0 aliphatic carbocycles. The Morgan fingerprint density at radius 1 is 0.893 bits per heavy atom. The maximum atomic E-state index is 5.45. The summed E-state index contributed by atoms with van der Waals surface area (Å²) >= 11 is 0. The smallest absolute Gasteiger partial charge is 0.128 e. The predicted molar refractivity (Wildman–Crippen MR) is 110 cm³/mol. The largest absolute Gasteiger partial charge is 0.496 e. The second-order valence-corrected chi connectivity index (χ2v) is 6.95. The highest BCUT2D eigenvalue weighted by molar-refractivity contribution is 5.68.